The van der Waals surface area contributed by atoms with Gasteiger partial charge in [-0.1, -0.05) is 19.0 Å². The molecule has 14 heavy (non-hydrogen) atoms. The maximum atomic E-state index is 5.24. The van der Waals surface area contributed by atoms with Crippen molar-refractivity contribution in [3.8, 4) is 12.3 Å². The average molecular weight is 188 g/mol. The van der Waals surface area contributed by atoms with Crippen molar-refractivity contribution < 1.29 is 4.52 Å². The molecule has 0 aromatic carbocycles. The van der Waals surface area contributed by atoms with Crippen molar-refractivity contribution in [3.63, 3.8) is 0 Å². The standard InChI is InChI=1S/C9H6N2O.C2H6/c1-3-7-9-6(2)4-10-5-8(9)12-11-7;1-2/h1,4-5H,2H3;1-2H3. The molecular formula is C11H12N2O. The van der Waals surface area contributed by atoms with E-state index in [0.29, 0.717) is 11.3 Å². The molecule has 3 nitrogen and oxygen atoms in total. The minimum absolute atomic E-state index is 0.546. The molecule has 0 atom stereocenters. The second-order valence-corrected chi connectivity index (χ2v) is 2.51. The predicted octanol–water partition coefficient (Wildman–Crippen LogP) is 2.54. The quantitative estimate of drug-likeness (QED) is 0.596. The van der Waals surface area contributed by atoms with E-state index in [1.807, 2.05) is 20.8 Å². The molecule has 72 valence electrons. The molecular weight excluding hydrogens is 176 g/mol. The molecule has 0 saturated carbocycles. The van der Waals surface area contributed by atoms with Crippen molar-refractivity contribution in [1.29, 1.82) is 0 Å². The highest BCUT2D eigenvalue weighted by Crippen LogP contribution is 2.19. The fraction of sp³-hybridized carbons (Fsp3) is 0.273. The molecule has 0 fully saturated rings. The summed E-state index contributed by atoms with van der Waals surface area (Å²) >= 11 is 0. The lowest BCUT2D eigenvalue weighted by Crippen LogP contribution is -1.79. The van der Waals surface area contributed by atoms with Crippen LogP contribution in [0.25, 0.3) is 11.0 Å². The fourth-order valence-electron chi connectivity index (χ4n) is 1.15. The summed E-state index contributed by atoms with van der Waals surface area (Å²) in [5.74, 6) is 2.46. The molecule has 2 aromatic rings. The topological polar surface area (TPSA) is 38.9 Å². The maximum Gasteiger partial charge on any atom is 0.186 e. The first kappa shape index (κ1) is 10.3. The lowest BCUT2D eigenvalue weighted by molar-refractivity contribution is 0.453. The van der Waals surface area contributed by atoms with Crippen LogP contribution in [0.2, 0.25) is 0 Å². The number of rotatable bonds is 0. The first-order valence-electron chi connectivity index (χ1n) is 4.49. The molecule has 0 aliphatic carbocycles. The minimum atomic E-state index is 0.546. The first-order valence-corrected chi connectivity index (χ1v) is 4.49. The Bertz CT molecular complexity index is 466. The Morgan fingerprint density at radius 3 is 2.71 bits per heavy atom. The third-order valence-electron chi connectivity index (χ3n) is 1.71. The number of hydrogen-bond donors (Lipinski definition) is 0. The van der Waals surface area contributed by atoms with Crippen LogP contribution in [0.3, 0.4) is 0 Å². The average Bonchev–Trinajstić information content (AvgIpc) is 2.65. The van der Waals surface area contributed by atoms with Crippen LogP contribution in [0.5, 0.6) is 0 Å². The summed E-state index contributed by atoms with van der Waals surface area (Å²) < 4.78 is 4.97. The van der Waals surface area contributed by atoms with E-state index in [1.165, 1.54) is 0 Å². The van der Waals surface area contributed by atoms with Gasteiger partial charge in [0.25, 0.3) is 0 Å². The van der Waals surface area contributed by atoms with Crippen LogP contribution >= 0.6 is 0 Å². The molecule has 0 aliphatic heterocycles. The minimum Gasteiger partial charge on any atom is -0.353 e. The van der Waals surface area contributed by atoms with Crippen LogP contribution in [0.1, 0.15) is 25.1 Å². The van der Waals surface area contributed by atoms with Crippen molar-refractivity contribution >= 4 is 11.0 Å². The van der Waals surface area contributed by atoms with Gasteiger partial charge in [-0.15, -0.1) is 6.42 Å². The van der Waals surface area contributed by atoms with Gasteiger partial charge >= 0.3 is 0 Å². The van der Waals surface area contributed by atoms with Crippen molar-refractivity contribution in [1.82, 2.24) is 10.1 Å². The maximum absolute atomic E-state index is 5.24. The van der Waals surface area contributed by atoms with Gasteiger partial charge in [-0.05, 0) is 18.4 Å². The van der Waals surface area contributed by atoms with Gasteiger partial charge in [0.15, 0.2) is 11.3 Å². The molecule has 0 aliphatic rings. The van der Waals surface area contributed by atoms with Gasteiger partial charge in [0.05, 0.1) is 11.6 Å². The summed E-state index contributed by atoms with van der Waals surface area (Å²) in [5.41, 5.74) is 2.18. The molecule has 0 spiro atoms. The number of fused-ring (bicyclic) bond motifs is 1. The molecule has 2 heterocycles. The zero-order valence-corrected chi connectivity index (χ0v) is 8.53. The van der Waals surface area contributed by atoms with Gasteiger partial charge in [0.2, 0.25) is 0 Å². The monoisotopic (exact) mass is 188 g/mol. The Morgan fingerprint density at radius 2 is 2.07 bits per heavy atom. The highest BCUT2D eigenvalue weighted by Gasteiger charge is 2.07. The lowest BCUT2D eigenvalue weighted by atomic mass is 10.2. The highest BCUT2D eigenvalue weighted by atomic mass is 16.5. The molecule has 0 N–H and O–H groups in total. The van der Waals surface area contributed by atoms with Gasteiger partial charge in [-0.2, -0.15) is 0 Å². The first-order chi connectivity index (χ1) is 6.83. The summed E-state index contributed by atoms with van der Waals surface area (Å²) in [5, 5.41) is 4.61. The van der Waals surface area contributed by atoms with E-state index >= 15 is 0 Å². The molecule has 2 rings (SSSR count). The number of terminal acetylenes is 1. The van der Waals surface area contributed by atoms with E-state index in [-0.39, 0.29) is 0 Å². The van der Waals surface area contributed by atoms with Crippen LogP contribution in [0, 0.1) is 19.3 Å². The largest absolute Gasteiger partial charge is 0.353 e. The normalized spacial score (nSPS) is 9.00. The van der Waals surface area contributed by atoms with E-state index in [1.54, 1.807) is 12.4 Å². The SMILES string of the molecule is C#Cc1noc2cncc(C)c12.CC. The number of aryl methyl sites for hydroxylation is 1. The van der Waals surface area contributed by atoms with Gasteiger partial charge in [0.1, 0.15) is 0 Å². The molecule has 0 radical (unpaired) electrons. The summed E-state index contributed by atoms with van der Waals surface area (Å²) in [6.07, 6.45) is 8.58. The highest BCUT2D eigenvalue weighted by molar-refractivity contribution is 5.84. The number of aromatic nitrogens is 2. The summed E-state index contributed by atoms with van der Waals surface area (Å²) in [6.45, 7) is 5.92. The number of hydrogen-bond acceptors (Lipinski definition) is 3. The van der Waals surface area contributed by atoms with Crippen molar-refractivity contribution in [2.24, 2.45) is 0 Å². The summed E-state index contributed by atoms with van der Waals surface area (Å²) in [4.78, 5) is 3.96. The van der Waals surface area contributed by atoms with E-state index in [0.717, 1.165) is 10.9 Å². The lowest BCUT2D eigenvalue weighted by Gasteiger charge is -1.90. The van der Waals surface area contributed by atoms with E-state index in [9.17, 15) is 0 Å². The smallest absolute Gasteiger partial charge is 0.186 e. The molecule has 0 bridgehead atoms. The van der Waals surface area contributed by atoms with Crippen molar-refractivity contribution in [2.45, 2.75) is 20.8 Å². The van der Waals surface area contributed by atoms with E-state index in [2.05, 4.69) is 16.1 Å². The van der Waals surface area contributed by atoms with Crippen LogP contribution < -0.4 is 0 Å². The molecule has 0 saturated heterocycles. The van der Waals surface area contributed by atoms with Crippen LogP contribution in [-0.4, -0.2) is 10.1 Å². The Kier molecular flexibility index (Phi) is 3.24. The van der Waals surface area contributed by atoms with E-state index in [4.69, 9.17) is 10.9 Å². The van der Waals surface area contributed by atoms with Crippen molar-refractivity contribution in [3.05, 3.63) is 23.7 Å². The van der Waals surface area contributed by atoms with Gasteiger partial charge < -0.3 is 4.52 Å². The second kappa shape index (κ2) is 4.43. The number of pyridine rings is 1. The third kappa shape index (κ3) is 1.60. The Balaban J connectivity index is 0.000000461. The van der Waals surface area contributed by atoms with Gasteiger partial charge in [0, 0.05) is 6.20 Å². The Labute approximate surface area is 83.1 Å². The predicted molar refractivity (Wildman–Crippen MR) is 55.8 cm³/mol. The molecule has 3 heteroatoms. The Hall–Kier alpha value is -1.82. The third-order valence-corrected chi connectivity index (χ3v) is 1.71. The number of nitrogens with zero attached hydrogens (tertiary/aromatic N) is 2. The van der Waals surface area contributed by atoms with Crippen LogP contribution in [0.4, 0.5) is 0 Å². The summed E-state index contributed by atoms with van der Waals surface area (Å²) in [7, 11) is 0. The zero-order chi connectivity index (χ0) is 10.6. The molecule has 2 aromatic heterocycles. The van der Waals surface area contributed by atoms with Crippen LogP contribution in [0.15, 0.2) is 16.9 Å². The summed E-state index contributed by atoms with van der Waals surface area (Å²) in [6, 6.07) is 0. The zero-order valence-electron chi connectivity index (χ0n) is 8.53. The Morgan fingerprint density at radius 1 is 1.36 bits per heavy atom. The van der Waals surface area contributed by atoms with Gasteiger partial charge in [-0.3, -0.25) is 4.98 Å². The molecule has 0 unspecified atom stereocenters. The van der Waals surface area contributed by atoms with E-state index < -0.39 is 0 Å². The second-order valence-electron chi connectivity index (χ2n) is 2.51. The van der Waals surface area contributed by atoms with Crippen molar-refractivity contribution in [2.75, 3.05) is 0 Å². The molecule has 0 amide bonds. The van der Waals surface area contributed by atoms with Crippen LogP contribution in [-0.2, 0) is 0 Å². The van der Waals surface area contributed by atoms with Gasteiger partial charge in [-0.25, -0.2) is 0 Å². The fourth-order valence-corrected chi connectivity index (χ4v) is 1.15.